The number of hydrogen-bond acceptors (Lipinski definition) is 7. The van der Waals surface area contributed by atoms with Gasteiger partial charge in [-0.25, -0.2) is 4.98 Å². The topological polar surface area (TPSA) is 91.9 Å². The maximum absolute atomic E-state index is 13.4. The summed E-state index contributed by atoms with van der Waals surface area (Å²) in [6.07, 6.45) is 0. The lowest BCUT2D eigenvalue weighted by molar-refractivity contribution is 0.415. The highest BCUT2D eigenvalue weighted by molar-refractivity contribution is 7.98. The molecule has 164 valence electrons. The fraction of sp³-hybridized carbons (Fsp3) is 0.0870. The van der Waals surface area contributed by atoms with Crippen molar-refractivity contribution in [3.8, 4) is 11.4 Å². The monoisotopic (exact) mass is 477 g/mol. The SMILES string of the molecule is COc1ccc(-n2c(SCn3nnc4ccccc4c3=O)nc3ccccc3c2=O)cc1Cl. The van der Waals surface area contributed by atoms with Gasteiger partial charge in [-0.15, -0.1) is 5.10 Å². The molecule has 0 radical (unpaired) electrons. The van der Waals surface area contributed by atoms with Gasteiger partial charge in [0.2, 0.25) is 0 Å². The average molecular weight is 478 g/mol. The summed E-state index contributed by atoms with van der Waals surface area (Å²) in [7, 11) is 1.52. The van der Waals surface area contributed by atoms with E-state index in [9.17, 15) is 9.59 Å². The number of benzene rings is 3. The highest BCUT2D eigenvalue weighted by Gasteiger charge is 2.16. The number of ether oxygens (including phenoxy) is 1. The van der Waals surface area contributed by atoms with Crippen LogP contribution in [0.5, 0.6) is 5.75 Å². The summed E-state index contributed by atoms with van der Waals surface area (Å²) in [5.74, 6) is 0.611. The molecule has 0 bridgehead atoms. The number of thioether (sulfide) groups is 1. The molecule has 0 fully saturated rings. The largest absolute Gasteiger partial charge is 0.495 e. The van der Waals surface area contributed by atoms with E-state index in [4.69, 9.17) is 16.3 Å². The van der Waals surface area contributed by atoms with Gasteiger partial charge in [0.05, 0.1) is 40.0 Å². The zero-order valence-electron chi connectivity index (χ0n) is 17.3. The molecular weight excluding hydrogens is 462 g/mol. The Labute approximate surface area is 196 Å². The van der Waals surface area contributed by atoms with Crippen molar-refractivity contribution >= 4 is 45.2 Å². The van der Waals surface area contributed by atoms with Crippen LogP contribution in [-0.4, -0.2) is 31.7 Å². The molecule has 0 amide bonds. The molecule has 5 rings (SSSR count). The second-order valence-electron chi connectivity index (χ2n) is 7.06. The van der Waals surface area contributed by atoms with Gasteiger partial charge in [-0.2, -0.15) is 4.68 Å². The van der Waals surface area contributed by atoms with Gasteiger partial charge in [-0.05, 0) is 42.5 Å². The number of nitrogens with zero attached hydrogens (tertiary/aromatic N) is 5. The molecule has 0 unspecified atom stereocenters. The van der Waals surface area contributed by atoms with Crippen LogP contribution in [-0.2, 0) is 5.88 Å². The van der Waals surface area contributed by atoms with Gasteiger partial charge in [0.25, 0.3) is 11.1 Å². The number of methoxy groups -OCH3 is 1. The summed E-state index contributed by atoms with van der Waals surface area (Å²) < 4.78 is 7.95. The Morgan fingerprint density at radius 1 is 0.939 bits per heavy atom. The molecular formula is C23H16ClN5O3S. The Morgan fingerprint density at radius 3 is 2.36 bits per heavy atom. The van der Waals surface area contributed by atoms with Crippen LogP contribution in [0.3, 0.4) is 0 Å². The predicted octanol–water partition coefficient (Wildman–Crippen LogP) is 3.90. The molecule has 3 aromatic carbocycles. The molecule has 0 spiro atoms. The zero-order chi connectivity index (χ0) is 22.9. The van der Waals surface area contributed by atoms with Crippen LogP contribution in [0.4, 0.5) is 0 Å². The van der Waals surface area contributed by atoms with E-state index in [1.807, 2.05) is 6.07 Å². The van der Waals surface area contributed by atoms with Crippen LogP contribution >= 0.6 is 23.4 Å². The maximum atomic E-state index is 13.4. The summed E-state index contributed by atoms with van der Waals surface area (Å²) in [6, 6.07) is 19.2. The molecule has 5 aromatic rings. The minimum Gasteiger partial charge on any atom is -0.495 e. The van der Waals surface area contributed by atoms with Crippen LogP contribution < -0.4 is 15.9 Å². The summed E-state index contributed by atoms with van der Waals surface area (Å²) in [6.45, 7) is 0. The van der Waals surface area contributed by atoms with Crippen LogP contribution in [0.15, 0.2) is 81.5 Å². The van der Waals surface area contributed by atoms with Gasteiger partial charge in [0.15, 0.2) is 5.16 Å². The van der Waals surface area contributed by atoms with Crippen molar-refractivity contribution in [2.75, 3.05) is 7.11 Å². The second kappa shape index (κ2) is 8.68. The Kier molecular flexibility index (Phi) is 5.57. The summed E-state index contributed by atoms with van der Waals surface area (Å²) in [4.78, 5) is 30.9. The van der Waals surface area contributed by atoms with Crippen LogP contribution in [0.2, 0.25) is 5.02 Å². The number of halogens is 1. The fourth-order valence-electron chi connectivity index (χ4n) is 3.46. The third kappa shape index (κ3) is 3.85. The number of aromatic nitrogens is 5. The summed E-state index contributed by atoms with van der Waals surface area (Å²) in [5, 5.41) is 9.83. The first kappa shape index (κ1) is 21.2. The van der Waals surface area contributed by atoms with Crippen LogP contribution in [0.1, 0.15) is 0 Å². The third-order valence-corrected chi connectivity index (χ3v) is 6.28. The van der Waals surface area contributed by atoms with Gasteiger partial charge in [-0.1, -0.05) is 52.8 Å². The van der Waals surface area contributed by atoms with Gasteiger partial charge < -0.3 is 4.74 Å². The molecule has 0 saturated heterocycles. The third-order valence-electron chi connectivity index (χ3n) is 5.08. The van der Waals surface area contributed by atoms with E-state index in [0.29, 0.717) is 43.4 Å². The van der Waals surface area contributed by atoms with Crippen molar-refractivity contribution in [1.82, 2.24) is 24.5 Å². The number of fused-ring (bicyclic) bond motifs is 2. The van der Waals surface area contributed by atoms with Crippen LogP contribution in [0, 0.1) is 0 Å². The summed E-state index contributed by atoms with van der Waals surface area (Å²) >= 11 is 7.52. The fourth-order valence-corrected chi connectivity index (χ4v) is 4.60. The van der Waals surface area contributed by atoms with Crippen molar-refractivity contribution in [2.24, 2.45) is 0 Å². The number of hydrogen-bond donors (Lipinski definition) is 0. The Balaban J connectivity index is 1.62. The molecule has 0 aliphatic heterocycles. The normalized spacial score (nSPS) is 11.2. The highest BCUT2D eigenvalue weighted by atomic mass is 35.5. The van der Waals surface area contributed by atoms with Crippen LogP contribution in [0.25, 0.3) is 27.5 Å². The lowest BCUT2D eigenvalue weighted by Gasteiger charge is -2.14. The van der Waals surface area contributed by atoms with Gasteiger partial charge in [-0.3, -0.25) is 14.2 Å². The van der Waals surface area contributed by atoms with Gasteiger partial charge in [0, 0.05) is 0 Å². The second-order valence-corrected chi connectivity index (χ2v) is 8.37. The molecule has 10 heteroatoms. The van der Waals surface area contributed by atoms with E-state index >= 15 is 0 Å². The average Bonchev–Trinajstić information content (AvgIpc) is 2.84. The van der Waals surface area contributed by atoms with E-state index in [1.54, 1.807) is 60.7 Å². The van der Waals surface area contributed by atoms with E-state index in [0.717, 1.165) is 0 Å². The van der Waals surface area contributed by atoms with Crippen molar-refractivity contribution < 1.29 is 4.74 Å². The molecule has 2 aromatic heterocycles. The number of para-hydroxylation sites is 1. The minimum absolute atomic E-state index is 0.116. The van der Waals surface area contributed by atoms with E-state index in [2.05, 4.69) is 15.3 Å². The lowest BCUT2D eigenvalue weighted by Crippen LogP contribution is -2.25. The van der Waals surface area contributed by atoms with Crippen molar-refractivity contribution in [2.45, 2.75) is 11.0 Å². The van der Waals surface area contributed by atoms with Gasteiger partial charge >= 0.3 is 0 Å². The van der Waals surface area contributed by atoms with Gasteiger partial charge in [0.1, 0.15) is 11.3 Å². The molecule has 8 nitrogen and oxygen atoms in total. The summed E-state index contributed by atoms with van der Waals surface area (Å²) in [5.41, 5.74) is 1.09. The van der Waals surface area contributed by atoms with Crippen molar-refractivity contribution in [3.05, 3.63) is 92.5 Å². The molecule has 2 heterocycles. The first-order valence-corrected chi connectivity index (χ1v) is 11.2. The molecule has 0 saturated carbocycles. The van der Waals surface area contributed by atoms with Crippen molar-refractivity contribution in [1.29, 1.82) is 0 Å². The molecule has 0 atom stereocenters. The Morgan fingerprint density at radius 2 is 1.64 bits per heavy atom. The molecule has 0 aliphatic carbocycles. The van der Waals surface area contributed by atoms with E-state index in [-0.39, 0.29) is 17.0 Å². The molecule has 33 heavy (non-hydrogen) atoms. The van der Waals surface area contributed by atoms with E-state index < -0.39 is 0 Å². The standard InChI is InChI=1S/C23H16ClN5O3S/c1-32-20-11-10-14(12-17(20)24)29-22(31)15-6-2-4-8-18(15)25-23(29)33-13-28-21(30)16-7-3-5-9-19(16)26-27-28/h2-12H,13H2,1H3. The maximum Gasteiger partial charge on any atom is 0.278 e. The molecule has 0 N–H and O–H groups in total. The minimum atomic E-state index is -0.268. The Bertz CT molecular complexity index is 1630. The lowest BCUT2D eigenvalue weighted by atomic mass is 10.2. The first-order chi connectivity index (χ1) is 16.1. The predicted molar refractivity (Wildman–Crippen MR) is 129 cm³/mol. The first-order valence-electron chi connectivity index (χ1n) is 9.88. The van der Waals surface area contributed by atoms with Crippen molar-refractivity contribution in [3.63, 3.8) is 0 Å². The number of rotatable bonds is 5. The highest BCUT2D eigenvalue weighted by Crippen LogP contribution is 2.29. The smallest absolute Gasteiger partial charge is 0.278 e. The van der Waals surface area contributed by atoms with E-state index in [1.165, 1.54) is 28.1 Å². The Hall–Kier alpha value is -3.69. The zero-order valence-corrected chi connectivity index (χ0v) is 18.9. The quantitative estimate of drug-likeness (QED) is 0.280. The molecule has 0 aliphatic rings.